The molecule has 28 heavy (non-hydrogen) atoms. The van der Waals surface area contributed by atoms with Crippen molar-refractivity contribution in [2.75, 3.05) is 0 Å². The van der Waals surface area contributed by atoms with E-state index in [0.29, 0.717) is 29.5 Å². The SMILES string of the molecule is CCCC1CC2CC(c3cc(F)c(-c4cc(F)c(F)c(F)c4)c(F)c3)CC2C1. The number of halogens is 5. The van der Waals surface area contributed by atoms with E-state index in [2.05, 4.69) is 6.92 Å². The molecule has 0 spiro atoms. The second-order valence-corrected chi connectivity index (χ2v) is 8.43. The van der Waals surface area contributed by atoms with Crippen molar-refractivity contribution in [3.05, 3.63) is 58.9 Å². The highest BCUT2D eigenvalue weighted by Crippen LogP contribution is 2.53. The summed E-state index contributed by atoms with van der Waals surface area (Å²) < 4.78 is 69.5. The molecule has 4 rings (SSSR count). The van der Waals surface area contributed by atoms with Gasteiger partial charge in [-0.15, -0.1) is 0 Å². The van der Waals surface area contributed by atoms with Crippen LogP contribution in [0.1, 0.15) is 56.9 Å². The van der Waals surface area contributed by atoms with Crippen LogP contribution in [0, 0.1) is 46.8 Å². The fourth-order valence-corrected chi connectivity index (χ4v) is 5.46. The minimum atomic E-state index is -1.65. The summed E-state index contributed by atoms with van der Waals surface area (Å²) in [6.45, 7) is 2.20. The van der Waals surface area contributed by atoms with Crippen LogP contribution >= 0.6 is 0 Å². The molecular formula is C23H23F5. The van der Waals surface area contributed by atoms with Crippen LogP contribution in [0.25, 0.3) is 11.1 Å². The Kier molecular flexibility index (Phi) is 5.19. The molecule has 150 valence electrons. The third-order valence-electron chi connectivity index (χ3n) is 6.62. The van der Waals surface area contributed by atoms with Crippen molar-refractivity contribution >= 4 is 0 Å². The first-order valence-electron chi connectivity index (χ1n) is 10.0. The van der Waals surface area contributed by atoms with Crippen molar-refractivity contribution in [2.24, 2.45) is 17.8 Å². The molecule has 0 nitrogen and oxygen atoms in total. The van der Waals surface area contributed by atoms with Gasteiger partial charge < -0.3 is 0 Å². The zero-order valence-electron chi connectivity index (χ0n) is 15.8. The van der Waals surface area contributed by atoms with Gasteiger partial charge in [0.25, 0.3) is 0 Å². The Labute approximate surface area is 161 Å². The van der Waals surface area contributed by atoms with E-state index < -0.39 is 34.6 Å². The summed E-state index contributed by atoms with van der Waals surface area (Å²) >= 11 is 0. The van der Waals surface area contributed by atoms with Crippen LogP contribution in [0.15, 0.2) is 24.3 Å². The maximum Gasteiger partial charge on any atom is 0.194 e. The van der Waals surface area contributed by atoms with Gasteiger partial charge in [0.1, 0.15) is 11.6 Å². The molecule has 0 bridgehead atoms. The molecule has 0 saturated heterocycles. The molecule has 2 aliphatic carbocycles. The number of hydrogen-bond acceptors (Lipinski definition) is 0. The predicted octanol–water partition coefficient (Wildman–Crippen LogP) is 7.37. The Morgan fingerprint density at radius 1 is 0.750 bits per heavy atom. The minimum Gasteiger partial charge on any atom is -0.206 e. The van der Waals surface area contributed by atoms with Crippen molar-refractivity contribution in [1.29, 1.82) is 0 Å². The fraction of sp³-hybridized carbons (Fsp3) is 0.478. The Hall–Kier alpha value is -1.91. The zero-order chi connectivity index (χ0) is 20.0. The molecule has 2 aliphatic rings. The molecule has 2 saturated carbocycles. The van der Waals surface area contributed by atoms with Gasteiger partial charge in [-0.05, 0) is 84.7 Å². The van der Waals surface area contributed by atoms with Crippen molar-refractivity contribution in [1.82, 2.24) is 0 Å². The van der Waals surface area contributed by atoms with Gasteiger partial charge in [-0.3, -0.25) is 0 Å². The Morgan fingerprint density at radius 3 is 1.79 bits per heavy atom. The normalized spacial score (nSPS) is 26.6. The Bertz CT molecular complexity index is 831. The maximum atomic E-state index is 14.7. The lowest BCUT2D eigenvalue weighted by atomic mass is 9.89. The van der Waals surface area contributed by atoms with Gasteiger partial charge in [0.05, 0.1) is 5.56 Å². The lowest BCUT2D eigenvalue weighted by Gasteiger charge is -2.16. The summed E-state index contributed by atoms with van der Waals surface area (Å²) in [6.07, 6.45) is 6.71. The van der Waals surface area contributed by atoms with Crippen molar-refractivity contribution in [3.63, 3.8) is 0 Å². The van der Waals surface area contributed by atoms with E-state index in [1.807, 2.05) is 0 Å². The number of benzene rings is 2. The zero-order valence-corrected chi connectivity index (χ0v) is 15.8. The molecule has 2 fully saturated rings. The fourth-order valence-electron chi connectivity index (χ4n) is 5.46. The van der Waals surface area contributed by atoms with E-state index in [9.17, 15) is 22.0 Å². The summed E-state index contributed by atoms with van der Waals surface area (Å²) in [5.74, 6) is -4.22. The average Bonchev–Trinajstić information content (AvgIpc) is 3.18. The third-order valence-corrected chi connectivity index (χ3v) is 6.62. The van der Waals surface area contributed by atoms with Crippen LogP contribution in [-0.4, -0.2) is 0 Å². The van der Waals surface area contributed by atoms with Crippen LogP contribution in [0.5, 0.6) is 0 Å². The molecule has 2 aromatic rings. The first-order valence-corrected chi connectivity index (χ1v) is 10.0. The van der Waals surface area contributed by atoms with E-state index in [4.69, 9.17) is 0 Å². The van der Waals surface area contributed by atoms with E-state index in [0.717, 1.165) is 18.8 Å². The van der Waals surface area contributed by atoms with Crippen LogP contribution in [0.3, 0.4) is 0 Å². The molecule has 0 heterocycles. The van der Waals surface area contributed by atoms with E-state index in [1.54, 1.807) is 0 Å². The summed E-state index contributed by atoms with van der Waals surface area (Å²) in [4.78, 5) is 0. The molecule has 2 atom stereocenters. The van der Waals surface area contributed by atoms with Gasteiger partial charge >= 0.3 is 0 Å². The Morgan fingerprint density at radius 2 is 1.29 bits per heavy atom. The number of fused-ring (bicyclic) bond motifs is 1. The molecule has 0 radical (unpaired) electrons. The topological polar surface area (TPSA) is 0 Å². The minimum absolute atomic E-state index is 0.109. The monoisotopic (exact) mass is 394 g/mol. The molecule has 2 unspecified atom stereocenters. The molecule has 0 aliphatic heterocycles. The summed E-state index contributed by atoms with van der Waals surface area (Å²) in [6, 6.07) is 3.78. The first-order chi connectivity index (χ1) is 13.4. The van der Waals surface area contributed by atoms with Crippen LogP contribution in [0.4, 0.5) is 22.0 Å². The Balaban J connectivity index is 1.58. The maximum absolute atomic E-state index is 14.7. The van der Waals surface area contributed by atoms with Crippen LogP contribution < -0.4 is 0 Å². The molecule has 5 heteroatoms. The molecule has 0 aromatic heterocycles. The smallest absolute Gasteiger partial charge is 0.194 e. The van der Waals surface area contributed by atoms with Gasteiger partial charge in [0.2, 0.25) is 0 Å². The van der Waals surface area contributed by atoms with E-state index in [-0.39, 0.29) is 11.5 Å². The van der Waals surface area contributed by atoms with E-state index >= 15 is 0 Å². The lowest BCUT2D eigenvalue weighted by Crippen LogP contribution is -2.03. The highest BCUT2D eigenvalue weighted by atomic mass is 19.2. The van der Waals surface area contributed by atoms with Gasteiger partial charge in [-0.1, -0.05) is 19.8 Å². The van der Waals surface area contributed by atoms with Gasteiger partial charge in [0, 0.05) is 0 Å². The molecule has 0 N–H and O–H groups in total. The summed E-state index contributed by atoms with van der Waals surface area (Å²) in [7, 11) is 0. The second kappa shape index (κ2) is 7.49. The highest BCUT2D eigenvalue weighted by molar-refractivity contribution is 5.65. The van der Waals surface area contributed by atoms with Crippen molar-refractivity contribution in [2.45, 2.75) is 51.4 Å². The van der Waals surface area contributed by atoms with Crippen LogP contribution in [-0.2, 0) is 0 Å². The highest BCUT2D eigenvalue weighted by Gasteiger charge is 2.41. The van der Waals surface area contributed by atoms with Gasteiger partial charge in [0.15, 0.2) is 17.5 Å². The summed E-state index contributed by atoms with van der Waals surface area (Å²) in [5.41, 5.74) is -0.269. The second-order valence-electron chi connectivity index (χ2n) is 8.43. The average molecular weight is 394 g/mol. The quantitative estimate of drug-likeness (QED) is 0.375. The largest absolute Gasteiger partial charge is 0.206 e. The molecule has 0 amide bonds. The van der Waals surface area contributed by atoms with Crippen molar-refractivity contribution in [3.8, 4) is 11.1 Å². The number of hydrogen-bond donors (Lipinski definition) is 0. The predicted molar refractivity (Wildman–Crippen MR) is 98.3 cm³/mol. The summed E-state index contributed by atoms with van der Waals surface area (Å²) in [5, 5.41) is 0. The first kappa shape index (κ1) is 19.4. The standard InChI is InChI=1S/C23H23F5/c1-2-3-12-4-13-6-15(7-14(13)5-12)16-8-18(24)22(19(25)9-16)17-10-20(26)23(28)21(27)11-17/h8-15H,2-7H2,1H3. The number of rotatable bonds is 4. The molecule has 2 aromatic carbocycles. The van der Waals surface area contributed by atoms with Gasteiger partial charge in [-0.25, -0.2) is 22.0 Å². The van der Waals surface area contributed by atoms with Crippen molar-refractivity contribution < 1.29 is 22.0 Å². The van der Waals surface area contributed by atoms with Gasteiger partial charge in [-0.2, -0.15) is 0 Å². The van der Waals surface area contributed by atoms with E-state index in [1.165, 1.54) is 37.8 Å². The molecular weight excluding hydrogens is 371 g/mol. The third kappa shape index (κ3) is 3.44. The van der Waals surface area contributed by atoms with Crippen LogP contribution in [0.2, 0.25) is 0 Å². The lowest BCUT2D eigenvalue weighted by molar-refractivity contribution is 0.438.